The molecule has 1 amide bonds. The normalized spacial score (nSPS) is 10.6. The number of nitrogens with zero attached hydrogens (tertiary/aromatic N) is 1. The minimum Gasteiger partial charge on any atom is -0.342 e. The molecule has 0 aliphatic heterocycles. The van der Waals surface area contributed by atoms with Crippen molar-refractivity contribution >= 4 is 56.4 Å². The first-order valence-electron chi connectivity index (χ1n) is 5.32. The minimum atomic E-state index is -0.0583. The van der Waals surface area contributed by atoms with Gasteiger partial charge in [0.05, 0.1) is 9.90 Å². The molecule has 96 valence electrons. The quantitative estimate of drug-likeness (QED) is 0.533. The molecule has 1 rings (SSSR count). The van der Waals surface area contributed by atoms with Crippen LogP contribution in [0, 0.1) is 0 Å². The summed E-state index contributed by atoms with van der Waals surface area (Å²) in [5.41, 5.74) is 0.504. The molecule has 6 heteroatoms. The Kier molecular flexibility index (Phi) is 6.85. The van der Waals surface area contributed by atoms with Gasteiger partial charge in [0.15, 0.2) is 0 Å². The number of hydrogen-bond donors (Lipinski definition) is 0. The van der Waals surface area contributed by atoms with Gasteiger partial charge in [0, 0.05) is 18.9 Å². The Labute approximate surface area is 124 Å². The van der Waals surface area contributed by atoms with Crippen molar-refractivity contribution in [3.8, 4) is 0 Å². The zero-order valence-corrected chi connectivity index (χ0v) is 13.4. The fraction of sp³-hybridized carbons (Fsp3) is 0.545. The number of thiophene rings is 1. The third kappa shape index (κ3) is 4.78. The average molecular weight is 359 g/mol. The van der Waals surface area contributed by atoms with E-state index in [-0.39, 0.29) is 5.91 Å². The molecule has 0 aliphatic rings. The largest absolute Gasteiger partial charge is 0.342 e. The lowest BCUT2D eigenvalue weighted by atomic mass is 10.2. The van der Waals surface area contributed by atoms with Crippen LogP contribution in [-0.2, 0) is 0 Å². The first-order chi connectivity index (χ1) is 8.06. The molecule has 0 atom stereocenters. The highest BCUT2D eigenvalue weighted by Crippen LogP contribution is 2.31. The van der Waals surface area contributed by atoms with E-state index in [1.807, 2.05) is 0 Å². The van der Waals surface area contributed by atoms with E-state index < -0.39 is 0 Å². The molecule has 0 aliphatic carbocycles. The SMILES string of the molecule is CN(CCCCCBr)C(=O)c1cc(Cl)sc1Cl. The molecule has 17 heavy (non-hydrogen) atoms. The van der Waals surface area contributed by atoms with Crippen LogP contribution in [0.15, 0.2) is 6.07 Å². The maximum Gasteiger partial charge on any atom is 0.256 e. The molecular formula is C11H14BrCl2NOS. The number of carbonyl (C=O) groups excluding carboxylic acids is 1. The molecule has 0 fully saturated rings. The van der Waals surface area contributed by atoms with E-state index in [4.69, 9.17) is 23.2 Å². The molecule has 0 bridgehead atoms. The molecule has 1 aromatic heterocycles. The summed E-state index contributed by atoms with van der Waals surface area (Å²) in [6.07, 6.45) is 3.25. The molecule has 0 unspecified atom stereocenters. The van der Waals surface area contributed by atoms with Gasteiger partial charge >= 0.3 is 0 Å². The minimum absolute atomic E-state index is 0.0583. The Morgan fingerprint density at radius 1 is 1.41 bits per heavy atom. The first kappa shape index (κ1) is 15.3. The lowest BCUT2D eigenvalue weighted by Gasteiger charge is -2.16. The molecular weight excluding hydrogens is 345 g/mol. The zero-order valence-electron chi connectivity index (χ0n) is 9.51. The highest BCUT2D eigenvalue weighted by atomic mass is 79.9. The van der Waals surface area contributed by atoms with Crippen molar-refractivity contribution in [3.63, 3.8) is 0 Å². The Bertz CT molecular complexity index is 384. The Hall–Kier alpha value is 0.230. The molecule has 0 radical (unpaired) electrons. The first-order valence-corrected chi connectivity index (χ1v) is 8.02. The van der Waals surface area contributed by atoms with Gasteiger partial charge in [-0.3, -0.25) is 4.79 Å². The number of halogens is 3. The highest BCUT2D eigenvalue weighted by Gasteiger charge is 2.17. The molecule has 0 spiro atoms. The second-order valence-corrected chi connectivity index (χ2v) is 6.79. The maximum atomic E-state index is 12.0. The van der Waals surface area contributed by atoms with Crippen LogP contribution in [0.4, 0.5) is 0 Å². The summed E-state index contributed by atoms with van der Waals surface area (Å²) in [7, 11) is 1.79. The summed E-state index contributed by atoms with van der Waals surface area (Å²) in [6.45, 7) is 0.746. The summed E-state index contributed by atoms with van der Waals surface area (Å²) in [5, 5.41) is 1.01. The smallest absolute Gasteiger partial charge is 0.256 e. The fourth-order valence-electron chi connectivity index (χ4n) is 1.41. The summed E-state index contributed by atoms with van der Waals surface area (Å²) in [4.78, 5) is 13.7. The number of hydrogen-bond acceptors (Lipinski definition) is 2. The maximum absolute atomic E-state index is 12.0. The summed E-state index contributed by atoms with van der Waals surface area (Å²) < 4.78 is 1.01. The monoisotopic (exact) mass is 357 g/mol. The van der Waals surface area contributed by atoms with Crippen LogP contribution in [0.2, 0.25) is 8.67 Å². The third-order valence-corrected chi connectivity index (χ3v) is 4.41. The van der Waals surface area contributed by atoms with Crippen LogP contribution in [0.1, 0.15) is 29.6 Å². The van der Waals surface area contributed by atoms with Gasteiger partial charge in [0.1, 0.15) is 4.34 Å². The van der Waals surface area contributed by atoms with Gasteiger partial charge in [-0.1, -0.05) is 45.6 Å². The molecule has 0 saturated heterocycles. The number of rotatable bonds is 6. The number of amides is 1. The van der Waals surface area contributed by atoms with Gasteiger partial charge in [-0.15, -0.1) is 11.3 Å². The van der Waals surface area contributed by atoms with E-state index in [0.29, 0.717) is 14.2 Å². The number of unbranched alkanes of at least 4 members (excludes halogenated alkanes) is 2. The van der Waals surface area contributed by atoms with Crippen molar-refractivity contribution in [1.29, 1.82) is 0 Å². The van der Waals surface area contributed by atoms with E-state index in [1.54, 1.807) is 18.0 Å². The van der Waals surface area contributed by atoms with Crippen LogP contribution in [0.3, 0.4) is 0 Å². The predicted octanol–water partition coefficient (Wildman–Crippen LogP) is 4.69. The predicted molar refractivity (Wildman–Crippen MR) is 78.9 cm³/mol. The van der Waals surface area contributed by atoms with E-state index in [1.165, 1.54) is 11.3 Å². The van der Waals surface area contributed by atoms with Crippen molar-refractivity contribution in [3.05, 3.63) is 20.3 Å². The van der Waals surface area contributed by atoms with Crippen LogP contribution in [0.25, 0.3) is 0 Å². The van der Waals surface area contributed by atoms with Crippen molar-refractivity contribution < 1.29 is 4.79 Å². The third-order valence-electron chi connectivity index (χ3n) is 2.36. The Morgan fingerprint density at radius 3 is 2.65 bits per heavy atom. The van der Waals surface area contributed by atoms with Crippen molar-refractivity contribution in [2.45, 2.75) is 19.3 Å². The summed E-state index contributed by atoms with van der Waals surface area (Å²) in [6, 6.07) is 1.63. The van der Waals surface area contributed by atoms with Gasteiger partial charge in [-0.25, -0.2) is 0 Å². The second kappa shape index (κ2) is 7.62. The molecule has 2 nitrogen and oxygen atoms in total. The lowest BCUT2D eigenvalue weighted by Crippen LogP contribution is -2.27. The molecule has 1 aromatic rings. The van der Waals surface area contributed by atoms with E-state index in [9.17, 15) is 4.79 Å². The van der Waals surface area contributed by atoms with Gasteiger partial charge in [-0.05, 0) is 18.9 Å². The summed E-state index contributed by atoms with van der Waals surface area (Å²) in [5.74, 6) is -0.0583. The Balaban J connectivity index is 2.49. The van der Waals surface area contributed by atoms with Crippen LogP contribution < -0.4 is 0 Å². The number of carbonyl (C=O) groups is 1. The van der Waals surface area contributed by atoms with Crippen molar-refractivity contribution in [1.82, 2.24) is 4.90 Å². The number of alkyl halides is 1. The topological polar surface area (TPSA) is 20.3 Å². The Morgan fingerprint density at radius 2 is 2.12 bits per heavy atom. The fourth-order valence-corrected chi connectivity index (χ4v) is 3.26. The molecule has 0 aromatic carbocycles. The molecule has 1 heterocycles. The summed E-state index contributed by atoms with van der Waals surface area (Å²) >= 11 is 16.4. The van der Waals surface area contributed by atoms with Gasteiger partial charge in [-0.2, -0.15) is 0 Å². The zero-order chi connectivity index (χ0) is 12.8. The molecule has 0 N–H and O–H groups in total. The van der Waals surface area contributed by atoms with E-state index in [2.05, 4.69) is 15.9 Å². The van der Waals surface area contributed by atoms with Crippen molar-refractivity contribution in [2.75, 3.05) is 18.9 Å². The van der Waals surface area contributed by atoms with Crippen LogP contribution in [-0.4, -0.2) is 29.7 Å². The van der Waals surface area contributed by atoms with E-state index >= 15 is 0 Å². The average Bonchev–Trinajstić information content (AvgIpc) is 2.62. The standard InChI is InChI=1S/C11H14BrCl2NOS/c1-15(6-4-2-3-5-12)11(16)8-7-9(13)17-10(8)14/h7H,2-6H2,1H3. The molecule has 0 saturated carbocycles. The van der Waals surface area contributed by atoms with E-state index in [0.717, 1.165) is 31.1 Å². The highest BCUT2D eigenvalue weighted by molar-refractivity contribution is 9.09. The van der Waals surface area contributed by atoms with Gasteiger partial charge < -0.3 is 4.90 Å². The van der Waals surface area contributed by atoms with Crippen LogP contribution in [0.5, 0.6) is 0 Å². The second-order valence-electron chi connectivity index (χ2n) is 3.71. The van der Waals surface area contributed by atoms with Crippen molar-refractivity contribution in [2.24, 2.45) is 0 Å². The van der Waals surface area contributed by atoms with Crippen LogP contribution >= 0.6 is 50.5 Å². The van der Waals surface area contributed by atoms with Gasteiger partial charge in [0.25, 0.3) is 5.91 Å². The van der Waals surface area contributed by atoms with Gasteiger partial charge in [0.2, 0.25) is 0 Å². The lowest BCUT2D eigenvalue weighted by molar-refractivity contribution is 0.0793.